The van der Waals surface area contributed by atoms with Crippen LogP contribution in [0.15, 0.2) is 78.9 Å². The van der Waals surface area contributed by atoms with Crippen LogP contribution in [0.25, 0.3) is 33.5 Å². The van der Waals surface area contributed by atoms with Gasteiger partial charge in [-0.25, -0.2) is 14.6 Å². The molecule has 0 aliphatic heterocycles. The zero-order valence-electron chi connectivity index (χ0n) is 33.5. The van der Waals surface area contributed by atoms with E-state index in [0.29, 0.717) is 17.6 Å². The van der Waals surface area contributed by atoms with E-state index in [4.69, 9.17) is 24.7 Å². The Hall–Kier alpha value is -5.16. The summed E-state index contributed by atoms with van der Waals surface area (Å²) in [7, 11) is 4.23. The predicted molar refractivity (Wildman–Crippen MR) is 217 cm³/mol. The van der Waals surface area contributed by atoms with Gasteiger partial charge in [0.1, 0.15) is 11.6 Å². The van der Waals surface area contributed by atoms with E-state index in [1.807, 2.05) is 18.2 Å². The number of halogens is 3. The highest BCUT2D eigenvalue weighted by Crippen LogP contribution is 2.59. The molecule has 2 aliphatic carbocycles. The first-order valence-corrected chi connectivity index (χ1v) is 19.5. The lowest BCUT2D eigenvalue weighted by Gasteiger charge is -2.56. The summed E-state index contributed by atoms with van der Waals surface area (Å²) >= 11 is 0. The third kappa shape index (κ3) is 9.04. The van der Waals surface area contributed by atoms with Crippen molar-refractivity contribution >= 4 is 23.0 Å². The fourth-order valence-electron chi connectivity index (χ4n) is 9.42. The van der Waals surface area contributed by atoms with Gasteiger partial charge in [-0.1, -0.05) is 88.7 Å². The molecule has 1 fully saturated rings. The second-order valence-corrected chi connectivity index (χ2v) is 16.8. The number of carboxylic acid groups (broad SMARTS) is 2. The Morgan fingerprint density at radius 2 is 1.68 bits per heavy atom. The fraction of sp³-hybridized carbons (Fsp3) is 0.413. The van der Waals surface area contributed by atoms with Gasteiger partial charge in [0.05, 0.1) is 11.0 Å². The largest absolute Gasteiger partial charge is 0.490 e. The lowest BCUT2D eigenvalue weighted by Crippen LogP contribution is -2.50. The molecule has 3 atom stereocenters. The number of ether oxygens (including phenoxy) is 1. The summed E-state index contributed by atoms with van der Waals surface area (Å²) in [6.45, 7) is 10.2. The molecule has 1 saturated carbocycles. The number of hydrogen-bond donors (Lipinski definition) is 3. The molecule has 8 nitrogen and oxygen atoms in total. The number of benzene rings is 4. The molecule has 2 aliphatic rings. The molecule has 11 heteroatoms. The maximum absolute atomic E-state index is 11.2. The van der Waals surface area contributed by atoms with Gasteiger partial charge in [-0.05, 0) is 132 Å². The zero-order chi connectivity index (χ0) is 41.3. The Kier molecular flexibility index (Phi) is 11.9. The van der Waals surface area contributed by atoms with Crippen molar-refractivity contribution in [3.63, 3.8) is 0 Å². The van der Waals surface area contributed by atoms with Crippen LogP contribution in [0.3, 0.4) is 0 Å². The Balaban J connectivity index is 0.000000719. The summed E-state index contributed by atoms with van der Waals surface area (Å²) in [5.74, 6) is -1.39. The van der Waals surface area contributed by atoms with Crippen LogP contribution in [0.4, 0.5) is 13.2 Å². The Morgan fingerprint density at radius 1 is 0.965 bits per heavy atom. The summed E-state index contributed by atoms with van der Waals surface area (Å²) in [6, 6.07) is 28.3. The van der Waals surface area contributed by atoms with Gasteiger partial charge in [-0.2, -0.15) is 13.2 Å². The molecule has 7 rings (SSSR count). The summed E-state index contributed by atoms with van der Waals surface area (Å²) in [5.41, 5.74) is 12.8. The zero-order valence-corrected chi connectivity index (χ0v) is 33.5. The molecular formula is C46H52F3N3O5. The van der Waals surface area contributed by atoms with Gasteiger partial charge in [0.15, 0.2) is 6.61 Å². The van der Waals surface area contributed by atoms with Crippen LogP contribution in [0.2, 0.25) is 0 Å². The summed E-state index contributed by atoms with van der Waals surface area (Å²) in [6.07, 6.45) is 1.86. The number of fused-ring (bicyclic) bond motifs is 4. The van der Waals surface area contributed by atoms with Crippen molar-refractivity contribution in [1.82, 2.24) is 14.9 Å². The number of carboxylic acids is 2. The summed E-state index contributed by atoms with van der Waals surface area (Å²) in [5, 5.41) is 16.3. The van der Waals surface area contributed by atoms with E-state index >= 15 is 0 Å². The minimum Gasteiger partial charge on any atom is -0.482 e. The van der Waals surface area contributed by atoms with Crippen LogP contribution < -0.4 is 4.74 Å². The highest BCUT2D eigenvalue weighted by Gasteiger charge is 2.52. The monoisotopic (exact) mass is 783 g/mol. The van der Waals surface area contributed by atoms with E-state index in [9.17, 15) is 18.0 Å². The maximum atomic E-state index is 11.2. The SMILES string of the molecule is CC(C)c1ccc2c(c1)CC[C@H]1[C@@](C)(Cc3c(-c4cccc(CN(C)C)c4)ccc4[nH]c(-c5cccc(OCC(=O)O)c5)nc34)CCC[C@]21C.O=C(O)C(F)(F)F. The van der Waals surface area contributed by atoms with E-state index in [-0.39, 0.29) is 17.4 Å². The van der Waals surface area contributed by atoms with Gasteiger partial charge in [0, 0.05) is 12.1 Å². The molecule has 5 aromatic rings. The van der Waals surface area contributed by atoms with Crippen LogP contribution in [0.1, 0.15) is 87.1 Å². The maximum Gasteiger partial charge on any atom is 0.490 e. The van der Waals surface area contributed by atoms with Gasteiger partial charge >= 0.3 is 18.1 Å². The molecular weight excluding hydrogens is 732 g/mol. The molecule has 0 bridgehead atoms. The van der Waals surface area contributed by atoms with Crippen LogP contribution in [0, 0.1) is 11.3 Å². The number of aliphatic carboxylic acids is 2. The smallest absolute Gasteiger partial charge is 0.482 e. The van der Waals surface area contributed by atoms with Gasteiger partial charge in [0.25, 0.3) is 0 Å². The lowest BCUT2D eigenvalue weighted by atomic mass is 9.48. The molecule has 0 radical (unpaired) electrons. The van der Waals surface area contributed by atoms with Crippen LogP contribution in [-0.4, -0.2) is 63.9 Å². The van der Waals surface area contributed by atoms with E-state index in [1.54, 1.807) is 17.2 Å². The standard InChI is InChI=1S/C44H51N3O3.C2HF3O2/c1-28(2)30-14-17-37-32(23-30)15-19-39-43(3,20-9-21-44(37,39)4)25-36-35(31-11-7-10-29(22-31)26-47(5)6)16-18-38-41(36)46-42(45-38)33-12-8-13-34(24-33)50-27-40(48)49;3-2(4,5)1(6)7/h7-8,10-14,16-18,22-24,28,39H,9,15,19-21,25-27H2,1-6H3,(H,45,46)(H,48,49);(H,6,7)/t39-,43+,44+;/m0./s1. The predicted octanol–water partition coefficient (Wildman–Crippen LogP) is 10.4. The number of alkyl halides is 3. The first-order valence-electron chi connectivity index (χ1n) is 19.5. The van der Waals surface area contributed by atoms with E-state index in [1.165, 1.54) is 53.5 Å². The fourth-order valence-corrected chi connectivity index (χ4v) is 9.42. The summed E-state index contributed by atoms with van der Waals surface area (Å²) < 4.78 is 37.3. The van der Waals surface area contributed by atoms with Crippen molar-refractivity contribution in [3.05, 3.63) is 107 Å². The number of hydrogen-bond acceptors (Lipinski definition) is 5. The van der Waals surface area contributed by atoms with Gasteiger partial charge in [-0.3, -0.25) is 0 Å². The average Bonchev–Trinajstić information content (AvgIpc) is 3.59. The van der Waals surface area contributed by atoms with Crippen LogP contribution in [-0.2, 0) is 34.4 Å². The lowest BCUT2D eigenvalue weighted by molar-refractivity contribution is -0.192. The van der Waals surface area contributed by atoms with Crippen molar-refractivity contribution in [3.8, 4) is 28.3 Å². The number of carbonyl (C=O) groups is 2. The molecule has 0 spiro atoms. The van der Waals surface area contributed by atoms with E-state index in [2.05, 4.69) is 106 Å². The number of aromatic nitrogens is 2. The molecule has 0 unspecified atom stereocenters. The highest BCUT2D eigenvalue weighted by molar-refractivity contribution is 5.89. The molecule has 0 amide bonds. The van der Waals surface area contributed by atoms with Gasteiger partial charge in [0.2, 0.25) is 0 Å². The number of aryl methyl sites for hydroxylation is 1. The summed E-state index contributed by atoms with van der Waals surface area (Å²) in [4.78, 5) is 31.2. The van der Waals surface area contributed by atoms with Crippen molar-refractivity contribution in [2.45, 2.75) is 90.3 Å². The quantitative estimate of drug-likeness (QED) is 0.129. The molecule has 4 aromatic carbocycles. The first kappa shape index (κ1) is 41.5. The van der Waals surface area contributed by atoms with Crippen molar-refractivity contribution < 1.29 is 37.7 Å². The van der Waals surface area contributed by atoms with Crippen molar-refractivity contribution in [2.24, 2.45) is 11.3 Å². The number of aromatic amines is 1. The first-order chi connectivity index (χ1) is 26.9. The van der Waals surface area contributed by atoms with Crippen molar-refractivity contribution in [2.75, 3.05) is 20.7 Å². The third-order valence-electron chi connectivity index (χ3n) is 12.0. The second-order valence-electron chi connectivity index (χ2n) is 16.8. The minimum atomic E-state index is -5.08. The number of imidazole rings is 1. The molecule has 1 aromatic heterocycles. The van der Waals surface area contributed by atoms with E-state index in [0.717, 1.165) is 41.8 Å². The van der Waals surface area contributed by atoms with Crippen molar-refractivity contribution in [1.29, 1.82) is 0 Å². The Bertz CT molecular complexity index is 2260. The highest BCUT2D eigenvalue weighted by atomic mass is 19.4. The third-order valence-corrected chi connectivity index (χ3v) is 12.0. The van der Waals surface area contributed by atoms with Crippen LogP contribution >= 0.6 is 0 Å². The van der Waals surface area contributed by atoms with Crippen LogP contribution in [0.5, 0.6) is 5.75 Å². The number of rotatable bonds is 10. The minimum absolute atomic E-state index is 0.0927. The van der Waals surface area contributed by atoms with Gasteiger partial charge < -0.3 is 24.8 Å². The second kappa shape index (κ2) is 16.4. The molecule has 1 heterocycles. The molecule has 57 heavy (non-hydrogen) atoms. The normalized spacial score (nSPS) is 20.4. The average molecular weight is 784 g/mol. The molecule has 302 valence electrons. The molecule has 3 N–H and O–H groups in total. The number of nitrogens with one attached hydrogen (secondary N) is 1. The Morgan fingerprint density at radius 3 is 2.37 bits per heavy atom. The molecule has 0 saturated heterocycles. The number of nitrogens with zero attached hydrogens (tertiary/aromatic N) is 2. The topological polar surface area (TPSA) is 116 Å². The number of H-pyrrole nitrogens is 1. The Labute approximate surface area is 332 Å². The van der Waals surface area contributed by atoms with E-state index < -0.39 is 18.1 Å². The van der Waals surface area contributed by atoms with Gasteiger partial charge in [-0.15, -0.1) is 0 Å².